The molecule has 1 aliphatic heterocycles. The van der Waals surface area contributed by atoms with E-state index in [0.717, 1.165) is 6.42 Å². The third kappa shape index (κ3) is 4.37. The number of hydrogen-bond acceptors (Lipinski definition) is 3. The summed E-state index contributed by atoms with van der Waals surface area (Å²) >= 11 is 0. The van der Waals surface area contributed by atoms with Crippen molar-refractivity contribution in [2.75, 3.05) is 26.2 Å². The predicted molar refractivity (Wildman–Crippen MR) is 72.5 cm³/mol. The van der Waals surface area contributed by atoms with Gasteiger partial charge in [-0.3, -0.25) is 9.59 Å². The van der Waals surface area contributed by atoms with Crippen LogP contribution in [0, 0.1) is 5.92 Å². The average Bonchev–Trinajstić information content (AvgIpc) is 2.36. The van der Waals surface area contributed by atoms with Crippen molar-refractivity contribution in [3.05, 3.63) is 35.9 Å². The maximum absolute atomic E-state index is 11.5. The lowest BCUT2D eigenvalue weighted by Crippen LogP contribution is -2.52. The van der Waals surface area contributed by atoms with E-state index in [2.05, 4.69) is 16.0 Å². The third-order valence-electron chi connectivity index (χ3n) is 3.15. The van der Waals surface area contributed by atoms with Crippen molar-refractivity contribution in [2.45, 2.75) is 6.42 Å². The number of rotatable bonds is 6. The van der Waals surface area contributed by atoms with E-state index in [1.54, 1.807) is 0 Å². The van der Waals surface area contributed by atoms with Crippen molar-refractivity contribution < 1.29 is 9.59 Å². The zero-order chi connectivity index (χ0) is 13.5. The molecule has 102 valence electrons. The molecular formula is C14H19N3O2. The molecule has 0 unspecified atom stereocenters. The van der Waals surface area contributed by atoms with Crippen LogP contribution in [0.15, 0.2) is 30.3 Å². The van der Waals surface area contributed by atoms with Gasteiger partial charge in [-0.2, -0.15) is 0 Å². The molecule has 0 bridgehead atoms. The van der Waals surface area contributed by atoms with Crippen molar-refractivity contribution >= 4 is 11.8 Å². The largest absolute Gasteiger partial charge is 0.354 e. The molecule has 19 heavy (non-hydrogen) atoms. The van der Waals surface area contributed by atoms with Gasteiger partial charge in [0.2, 0.25) is 11.8 Å². The SMILES string of the molecule is O=C(CNC(=O)C1CNC1)NCCc1ccccc1. The lowest BCUT2D eigenvalue weighted by atomic mass is 10.0. The van der Waals surface area contributed by atoms with Crippen molar-refractivity contribution in [3.63, 3.8) is 0 Å². The van der Waals surface area contributed by atoms with Gasteiger partial charge in [-0.15, -0.1) is 0 Å². The van der Waals surface area contributed by atoms with Crippen LogP contribution in [0.25, 0.3) is 0 Å². The molecule has 0 aliphatic carbocycles. The lowest BCUT2D eigenvalue weighted by molar-refractivity contribution is -0.129. The first-order valence-corrected chi connectivity index (χ1v) is 6.55. The summed E-state index contributed by atoms with van der Waals surface area (Å²) < 4.78 is 0. The summed E-state index contributed by atoms with van der Waals surface area (Å²) in [6.45, 7) is 2.07. The molecule has 5 nitrogen and oxygen atoms in total. The Balaban J connectivity index is 1.58. The molecule has 0 aromatic heterocycles. The molecule has 0 saturated carbocycles. The summed E-state index contributed by atoms with van der Waals surface area (Å²) in [5.74, 6) is -0.161. The van der Waals surface area contributed by atoms with Gasteiger partial charge in [0.1, 0.15) is 0 Å². The van der Waals surface area contributed by atoms with Crippen LogP contribution in [-0.4, -0.2) is 38.0 Å². The van der Waals surface area contributed by atoms with E-state index in [0.29, 0.717) is 19.6 Å². The first-order chi connectivity index (χ1) is 9.25. The Kier molecular flexibility index (Phi) is 4.92. The van der Waals surface area contributed by atoms with Crippen molar-refractivity contribution in [1.82, 2.24) is 16.0 Å². The van der Waals surface area contributed by atoms with Crippen molar-refractivity contribution in [1.29, 1.82) is 0 Å². The van der Waals surface area contributed by atoms with Gasteiger partial charge in [0.15, 0.2) is 0 Å². The maximum Gasteiger partial charge on any atom is 0.239 e. The van der Waals surface area contributed by atoms with Crippen LogP contribution in [0.4, 0.5) is 0 Å². The Bertz CT molecular complexity index is 430. The van der Waals surface area contributed by atoms with Gasteiger partial charge < -0.3 is 16.0 Å². The molecule has 1 aromatic rings. The fourth-order valence-electron chi connectivity index (χ4n) is 1.84. The maximum atomic E-state index is 11.5. The highest BCUT2D eigenvalue weighted by Crippen LogP contribution is 2.01. The van der Waals surface area contributed by atoms with Crippen LogP contribution in [0.2, 0.25) is 0 Å². The second-order valence-electron chi connectivity index (χ2n) is 4.66. The average molecular weight is 261 g/mol. The van der Waals surface area contributed by atoms with Crippen LogP contribution >= 0.6 is 0 Å². The van der Waals surface area contributed by atoms with Crippen LogP contribution in [0.5, 0.6) is 0 Å². The smallest absolute Gasteiger partial charge is 0.239 e. The number of amides is 2. The van der Waals surface area contributed by atoms with Crippen LogP contribution in [0.1, 0.15) is 5.56 Å². The summed E-state index contributed by atoms with van der Waals surface area (Å²) in [4.78, 5) is 23.0. The number of carbonyl (C=O) groups excluding carboxylic acids is 2. The zero-order valence-corrected chi connectivity index (χ0v) is 10.8. The van der Waals surface area contributed by atoms with E-state index in [-0.39, 0.29) is 24.3 Å². The molecule has 0 radical (unpaired) electrons. The second-order valence-corrected chi connectivity index (χ2v) is 4.66. The van der Waals surface area contributed by atoms with E-state index >= 15 is 0 Å². The molecule has 0 atom stereocenters. The second kappa shape index (κ2) is 6.89. The fraction of sp³-hybridized carbons (Fsp3) is 0.429. The van der Waals surface area contributed by atoms with E-state index in [9.17, 15) is 9.59 Å². The van der Waals surface area contributed by atoms with Crippen molar-refractivity contribution in [3.8, 4) is 0 Å². The zero-order valence-electron chi connectivity index (χ0n) is 10.8. The molecule has 1 fully saturated rings. The van der Waals surface area contributed by atoms with E-state index in [1.165, 1.54) is 5.56 Å². The van der Waals surface area contributed by atoms with Gasteiger partial charge in [0.05, 0.1) is 12.5 Å². The van der Waals surface area contributed by atoms with Gasteiger partial charge in [-0.05, 0) is 12.0 Å². The lowest BCUT2D eigenvalue weighted by Gasteiger charge is -2.25. The minimum Gasteiger partial charge on any atom is -0.354 e. The van der Waals surface area contributed by atoms with Crippen LogP contribution < -0.4 is 16.0 Å². The Morgan fingerprint density at radius 2 is 1.89 bits per heavy atom. The molecule has 1 aliphatic rings. The molecule has 1 heterocycles. The number of benzene rings is 1. The molecule has 1 aromatic carbocycles. The number of hydrogen-bond donors (Lipinski definition) is 3. The number of carbonyl (C=O) groups is 2. The first kappa shape index (κ1) is 13.5. The quantitative estimate of drug-likeness (QED) is 0.657. The normalized spacial score (nSPS) is 14.5. The Morgan fingerprint density at radius 3 is 2.53 bits per heavy atom. The summed E-state index contributed by atoms with van der Waals surface area (Å²) in [6.07, 6.45) is 0.799. The van der Waals surface area contributed by atoms with Gasteiger partial charge in [0, 0.05) is 19.6 Å². The number of nitrogens with one attached hydrogen (secondary N) is 3. The Labute approximate surface area is 112 Å². The summed E-state index contributed by atoms with van der Waals surface area (Å²) in [6, 6.07) is 9.97. The third-order valence-corrected chi connectivity index (χ3v) is 3.15. The van der Waals surface area contributed by atoms with E-state index in [1.807, 2.05) is 30.3 Å². The highest BCUT2D eigenvalue weighted by Gasteiger charge is 2.24. The predicted octanol–water partition coefficient (Wildman–Crippen LogP) is -0.319. The van der Waals surface area contributed by atoms with Gasteiger partial charge in [-0.25, -0.2) is 0 Å². The molecular weight excluding hydrogens is 242 g/mol. The standard InChI is InChI=1S/C14H19N3O2/c18-13(10-17-14(19)12-8-15-9-12)16-7-6-11-4-2-1-3-5-11/h1-5,12,15H,6-10H2,(H,16,18)(H,17,19). The van der Waals surface area contributed by atoms with E-state index in [4.69, 9.17) is 0 Å². The highest BCUT2D eigenvalue weighted by molar-refractivity contribution is 5.86. The Hall–Kier alpha value is -1.88. The molecule has 2 amide bonds. The summed E-state index contributed by atoms with van der Waals surface area (Å²) in [5, 5.41) is 8.46. The molecule has 0 spiro atoms. The van der Waals surface area contributed by atoms with Crippen LogP contribution in [0.3, 0.4) is 0 Å². The molecule has 5 heteroatoms. The Morgan fingerprint density at radius 1 is 1.16 bits per heavy atom. The fourth-order valence-corrected chi connectivity index (χ4v) is 1.84. The summed E-state index contributed by atoms with van der Waals surface area (Å²) in [7, 11) is 0. The van der Waals surface area contributed by atoms with Gasteiger partial charge >= 0.3 is 0 Å². The molecule has 1 saturated heterocycles. The summed E-state index contributed by atoms with van der Waals surface area (Å²) in [5.41, 5.74) is 1.19. The highest BCUT2D eigenvalue weighted by atomic mass is 16.2. The minimum absolute atomic E-state index is 0.0251. The molecule has 3 N–H and O–H groups in total. The first-order valence-electron chi connectivity index (χ1n) is 6.55. The van der Waals surface area contributed by atoms with Gasteiger partial charge in [-0.1, -0.05) is 30.3 Å². The minimum atomic E-state index is -0.142. The topological polar surface area (TPSA) is 70.2 Å². The van der Waals surface area contributed by atoms with Gasteiger partial charge in [0.25, 0.3) is 0 Å². The van der Waals surface area contributed by atoms with E-state index < -0.39 is 0 Å². The molecule has 2 rings (SSSR count). The van der Waals surface area contributed by atoms with Crippen LogP contribution in [-0.2, 0) is 16.0 Å². The monoisotopic (exact) mass is 261 g/mol. The van der Waals surface area contributed by atoms with Crippen molar-refractivity contribution in [2.24, 2.45) is 5.92 Å².